The molecule has 0 unspecified atom stereocenters. The van der Waals surface area contributed by atoms with Gasteiger partial charge in [-0.1, -0.05) is 71.8 Å². The first-order valence-corrected chi connectivity index (χ1v) is 16.0. The van der Waals surface area contributed by atoms with Gasteiger partial charge in [0, 0.05) is 24.5 Å². The predicted octanol–water partition coefficient (Wildman–Crippen LogP) is 5.63. The Morgan fingerprint density at radius 1 is 0.886 bits per heavy atom. The summed E-state index contributed by atoms with van der Waals surface area (Å²) in [6, 6.07) is 28.4. The SMILES string of the molecule is CCNC(=O)[C@H](Cc1ccccc1)N(Cc1cccc(Cl)c1)C(=O)CN(c1ccc(C)cc1)S(=O)(=O)c1ccc(OC)cc1. The second kappa shape index (κ2) is 14.9. The van der Waals surface area contributed by atoms with Crippen molar-refractivity contribution in [3.8, 4) is 5.75 Å². The van der Waals surface area contributed by atoms with E-state index in [1.54, 1.807) is 61.5 Å². The number of likely N-dealkylation sites (N-methyl/N-ethyl adjacent to an activating group) is 1. The molecule has 0 spiro atoms. The zero-order chi connectivity index (χ0) is 31.7. The van der Waals surface area contributed by atoms with Crippen LogP contribution in [0.5, 0.6) is 5.75 Å². The van der Waals surface area contributed by atoms with Crippen LogP contribution in [0.1, 0.15) is 23.6 Å². The van der Waals surface area contributed by atoms with E-state index in [4.69, 9.17) is 16.3 Å². The average molecular weight is 634 g/mol. The van der Waals surface area contributed by atoms with Gasteiger partial charge in [0.1, 0.15) is 18.3 Å². The van der Waals surface area contributed by atoms with Crippen LogP contribution in [0.4, 0.5) is 5.69 Å². The topological polar surface area (TPSA) is 96.0 Å². The third-order valence-corrected chi connectivity index (χ3v) is 9.14. The van der Waals surface area contributed by atoms with Crippen LogP contribution >= 0.6 is 11.6 Å². The van der Waals surface area contributed by atoms with Crippen molar-refractivity contribution >= 4 is 39.1 Å². The van der Waals surface area contributed by atoms with Crippen LogP contribution < -0.4 is 14.4 Å². The van der Waals surface area contributed by atoms with Gasteiger partial charge in [-0.05, 0) is 73.5 Å². The van der Waals surface area contributed by atoms with Crippen LogP contribution in [0.15, 0.2) is 108 Å². The normalized spacial score (nSPS) is 11.8. The van der Waals surface area contributed by atoms with Crippen LogP contribution in [0.2, 0.25) is 5.02 Å². The summed E-state index contributed by atoms with van der Waals surface area (Å²) in [6.07, 6.45) is 0.231. The van der Waals surface area contributed by atoms with Crippen LogP contribution in [0.3, 0.4) is 0 Å². The number of carbonyl (C=O) groups excluding carboxylic acids is 2. The molecule has 0 aliphatic rings. The number of halogens is 1. The molecule has 4 aromatic carbocycles. The van der Waals surface area contributed by atoms with Gasteiger partial charge in [-0.15, -0.1) is 0 Å². The highest BCUT2D eigenvalue weighted by Crippen LogP contribution is 2.27. The number of hydrogen-bond donors (Lipinski definition) is 1. The van der Waals surface area contributed by atoms with Crippen molar-refractivity contribution in [3.05, 3.63) is 125 Å². The van der Waals surface area contributed by atoms with Crippen molar-refractivity contribution in [3.63, 3.8) is 0 Å². The van der Waals surface area contributed by atoms with Crippen molar-refractivity contribution in [2.75, 3.05) is 24.5 Å². The number of benzene rings is 4. The molecular formula is C34H36ClN3O5S. The summed E-state index contributed by atoms with van der Waals surface area (Å²) in [5.74, 6) is -0.387. The molecule has 0 saturated heterocycles. The molecule has 1 atom stereocenters. The molecule has 4 rings (SSSR count). The number of ether oxygens (including phenoxy) is 1. The highest BCUT2D eigenvalue weighted by Gasteiger charge is 2.34. The lowest BCUT2D eigenvalue weighted by molar-refractivity contribution is -0.140. The van der Waals surface area contributed by atoms with E-state index >= 15 is 0 Å². The number of carbonyl (C=O) groups is 2. The van der Waals surface area contributed by atoms with Gasteiger partial charge in [0.05, 0.1) is 17.7 Å². The summed E-state index contributed by atoms with van der Waals surface area (Å²) in [7, 11) is -2.71. The van der Waals surface area contributed by atoms with Gasteiger partial charge >= 0.3 is 0 Å². The summed E-state index contributed by atoms with van der Waals surface area (Å²) in [5, 5.41) is 3.34. The minimum atomic E-state index is -4.21. The van der Waals surface area contributed by atoms with E-state index < -0.39 is 28.5 Å². The number of hydrogen-bond acceptors (Lipinski definition) is 5. The lowest BCUT2D eigenvalue weighted by Crippen LogP contribution is -2.53. The number of methoxy groups -OCH3 is 1. The summed E-state index contributed by atoms with van der Waals surface area (Å²) in [6.45, 7) is 3.57. The molecular weight excluding hydrogens is 598 g/mol. The third kappa shape index (κ3) is 8.18. The van der Waals surface area contributed by atoms with Crippen molar-refractivity contribution in [2.45, 2.75) is 37.8 Å². The summed E-state index contributed by atoms with van der Waals surface area (Å²) >= 11 is 6.28. The van der Waals surface area contributed by atoms with Crippen molar-refractivity contribution < 1.29 is 22.7 Å². The number of sulfonamides is 1. The van der Waals surface area contributed by atoms with Gasteiger partial charge in [-0.25, -0.2) is 8.42 Å². The monoisotopic (exact) mass is 633 g/mol. The number of rotatable bonds is 13. The van der Waals surface area contributed by atoms with E-state index in [0.717, 1.165) is 15.4 Å². The lowest BCUT2D eigenvalue weighted by Gasteiger charge is -2.34. The standard InChI is InChI=1S/C34H36ClN3O5S/c1-4-36-34(40)32(22-26-9-6-5-7-10-26)37(23-27-11-8-12-28(35)21-27)33(39)24-38(29-15-13-25(2)14-16-29)44(41,42)31-19-17-30(43-3)18-20-31/h5-21,32H,4,22-24H2,1-3H3,(H,36,40)/t32-/m0/s1. The summed E-state index contributed by atoms with van der Waals surface area (Å²) < 4.78 is 34.5. The molecule has 0 aliphatic carbocycles. The Morgan fingerprint density at radius 3 is 2.16 bits per heavy atom. The van der Waals surface area contributed by atoms with Gasteiger partial charge in [0.2, 0.25) is 11.8 Å². The summed E-state index contributed by atoms with van der Waals surface area (Å²) in [5.41, 5.74) is 2.81. The molecule has 0 aromatic heterocycles. The van der Waals surface area contributed by atoms with E-state index in [1.165, 1.54) is 24.1 Å². The van der Waals surface area contributed by atoms with Gasteiger partial charge in [-0.2, -0.15) is 0 Å². The van der Waals surface area contributed by atoms with Crippen LogP contribution in [0.25, 0.3) is 0 Å². The van der Waals surface area contributed by atoms with Crippen LogP contribution in [-0.2, 0) is 32.6 Å². The molecule has 0 fully saturated rings. The largest absolute Gasteiger partial charge is 0.497 e. The van der Waals surface area contributed by atoms with E-state index in [2.05, 4.69) is 5.32 Å². The lowest BCUT2D eigenvalue weighted by atomic mass is 10.0. The van der Waals surface area contributed by atoms with Crippen molar-refractivity contribution in [2.24, 2.45) is 0 Å². The quantitative estimate of drug-likeness (QED) is 0.206. The molecule has 8 nitrogen and oxygen atoms in total. The van der Waals surface area contributed by atoms with Gasteiger partial charge in [0.15, 0.2) is 0 Å². The molecule has 0 bridgehead atoms. The summed E-state index contributed by atoms with van der Waals surface area (Å²) in [4.78, 5) is 29.4. The van der Waals surface area contributed by atoms with Gasteiger partial charge in [-0.3, -0.25) is 13.9 Å². The van der Waals surface area contributed by atoms with Gasteiger partial charge < -0.3 is 15.0 Å². The third-order valence-electron chi connectivity index (χ3n) is 7.11. The molecule has 1 N–H and O–H groups in total. The number of aryl methyl sites for hydroxylation is 1. The molecule has 44 heavy (non-hydrogen) atoms. The fourth-order valence-corrected chi connectivity index (χ4v) is 6.42. The first kappa shape index (κ1) is 32.6. The molecule has 0 radical (unpaired) electrons. The van der Waals surface area contributed by atoms with Crippen molar-refractivity contribution in [1.29, 1.82) is 0 Å². The molecule has 0 aliphatic heterocycles. The number of anilines is 1. The Labute approximate surface area is 264 Å². The van der Waals surface area contributed by atoms with E-state index in [-0.39, 0.29) is 23.8 Å². The fraction of sp³-hybridized carbons (Fsp3) is 0.235. The maximum Gasteiger partial charge on any atom is 0.264 e. The van der Waals surface area contributed by atoms with Crippen LogP contribution in [0, 0.1) is 6.92 Å². The number of nitrogens with zero attached hydrogens (tertiary/aromatic N) is 2. The smallest absolute Gasteiger partial charge is 0.264 e. The Kier molecular flexibility index (Phi) is 11.0. The second-order valence-electron chi connectivity index (χ2n) is 10.3. The fourth-order valence-electron chi connectivity index (χ4n) is 4.79. The Balaban J connectivity index is 1.79. The molecule has 0 heterocycles. The number of amides is 2. The zero-order valence-electron chi connectivity index (χ0n) is 24.9. The highest BCUT2D eigenvalue weighted by molar-refractivity contribution is 7.92. The zero-order valence-corrected chi connectivity index (χ0v) is 26.5. The first-order valence-electron chi connectivity index (χ1n) is 14.2. The molecule has 4 aromatic rings. The molecule has 230 valence electrons. The Bertz CT molecular complexity index is 1660. The first-order chi connectivity index (χ1) is 21.1. The number of nitrogens with one attached hydrogen (secondary N) is 1. The van der Waals surface area contributed by atoms with Gasteiger partial charge in [0.25, 0.3) is 10.0 Å². The maximum atomic E-state index is 14.4. The average Bonchev–Trinajstić information content (AvgIpc) is 3.02. The molecule has 2 amide bonds. The van der Waals surface area contributed by atoms with E-state index in [0.29, 0.717) is 28.6 Å². The molecule has 10 heteroatoms. The predicted molar refractivity (Wildman–Crippen MR) is 173 cm³/mol. The molecule has 0 saturated carbocycles. The minimum absolute atomic E-state index is 0.00220. The van der Waals surface area contributed by atoms with Crippen LogP contribution in [-0.4, -0.2) is 51.4 Å². The van der Waals surface area contributed by atoms with E-state index in [9.17, 15) is 18.0 Å². The Morgan fingerprint density at radius 2 is 1.55 bits per heavy atom. The second-order valence-corrected chi connectivity index (χ2v) is 12.6. The van der Waals surface area contributed by atoms with E-state index in [1.807, 2.05) is 43.3 Å². The Hall–Kier alpha value is -4.34. The highest BCUT2D eigenvalue weighted by atomic mass is 35.5. The minimum Gasteiger partial charge on any atom is -0.497 e. The van der Waals surface area contributed by atoms with Crippen molar-refractivity contribution in [1.82, 2.24) is 10.2 Å². The maximum absolute atomic E-state index is 14.4.